The Morgan fingerprint density at radius 1 is 1.26 bits per heavy atom. The van der Waals surface area contributed by atoms with Crippen LogP contribution in [0.5, 0.6) is 0 Å². The minimum atomic E-state index is -0.334. The number of carbonyl (C=O) groups excluding carboxylic acids is 1. The summed E-state index contributed by atoms with van der Waals surface area (Å²) in [7, 11) is 0. The minimum absolute atomic E-state index is 0.0258. The third kappa shape index (κ3) is 3.77. The van der Waals surface area contributed by atoms with Crippen molar-refractivity contribution in [1.82, 2.24) is 5.32 Å². The number of nitrogens with one attached hydrogen (secondary N) is 1. The summed E-state index contributed by atoms with van der Waals surface area (Å²) in [5.41, 5.74) is 6.26. The van der Waals surface area contributed by atoms with Crippen molar-refractivity contribution in [3.05, 3.63) is 35.6 Å². The Kier molecular flexibility index (Phi) is 4.91. The highest BCUT2D eigenvalue weighted by atomic mass is 19.1. The predicted molar refractivity (Wildman–Crippen MR) is 73.3 cm³/mol. The van der Waals surface area contributed by atoms with Gasteiger partial charge in [-0.15, -0.1) is 0 Å². The van der Waals surface area contributed by atoms with Gasteiger partial charge in [-0.3, -0.25) is 4.79 Å². The van der Waals surface area contributed by atoms with E-state index in [-0.39, 0.29) is 17.8 Å². The van der Waals surface area contributed by atoms with E-state index < -0.39 is 0 Å². The first-order chi connectivity index (χ1) is 9.20. The SMILES string of the molecule is NCC(NC(=O)c1ccc(F)cc1)C1CCCCC1. The van der Waals surface area contributed by atoms with Crippen LogP contribution in [0.15, 0.2) is 24.3 Å². The summed E-state index contributed by atoms with van der Waals surface area (Å²) >= 11 is 0. The summed E-state index contributed by atoms with van der Waals surface area (Å²) in [6, 6.07) is 5.62. The second-order valence-electron chi connectivity index (χ2n) is 5.22. The Balaban J connectivity index is 1.97. The van der Waals surface area contributed by atoms with Crippen LogP contribution in [-0.4, -0.2) is 18.5 Å². The largest absolute Gasteiger partial charge is 0.348 e. The molecule has 0 saturated heterocycles. The Bertz CT molecular complexity index is 413. The van der Waals surface area contributed by atoms with Crippen molar-refractivity contribution in [3.8, 4) is 0 Å². The first kappa shape index (κ1) is 14.0. The van der Waals surface area contributed by atoms with Crippen molar-refractivity contribution in [2.24, 2.45) is 11.7 Å². The molecule has 1 aromatic rings. The van der Waals surface area contributed by atoms with E-state index in [0.29, 0.717) is 18.0 Å². The molecule has 1 aliphatic rings. The Morgan fingerprint density at radius 3 is 2.47 bits per heavy atom. The van der Waals surface area contributed by atoms with Gasteiger partial charge in [0, 0.05) is 18.2 Å². The predicted octanol–water partition coefficient (Wildman–Crippen LogP) is 2.46. The lowest BCUT2D eigenvalue weighted by atomic mass is 9.84. The zero-order valence-electron chi connectivity index (χ0n) is 11.1. The van der Waals surface area contributed by atoms with Crippen LogP contribution in [0.2, 0.25) is 0 Å². The summed E-state index contributed by atoms with van der Waals surface area (Å²) < 4.78 is 12.8. The van der Waals surface area contributed by atoms with Crippen LogP contribution in [0.4, 0.5) is 4.39 Å². The molecule has 0 bridgehead atoms. The first-order valence-corrected chi connectivity index (χ1v) is 6.97. The standard InChI is InChI=1S/C15H21FN2O/c16-13-8-6-12(7-9-13)15(19)18-14(10-17)11-4-2-1-3-5-11/h6-9,11,14H,1-5,10,17H2,(H,18,19). The monoisotopic (exact) mass is 264 g/mol. The fraction of sp³-hybridized carbons (Fsp3) is 0.533. The summed E-state index contributed by atoms with van der Waals surface area (Å²) in [6.45, 7) is 0.456. The number of nitrogens with two attached hydrogens (primary N) is 1. The van der Waals surface area contributed by atoms with Gasteiger partial charge in [0.05, 0.1) is 0 Å². The third-order valence-electron chi connectivity index (χ3n) is 3.90. The highest BCUT2D eigenvalue weighted by Crippen LogP contribution is 2.26. The van der Waals surface area contributed by atoms with Crippen molar-refractivity contribution in [3.63, 3.8) is 0 Å². The van der Waals surface area contributed by atoms with Crippen molar-refractivity contribution in [1.29, 1.82) is 0 Å². The molecule has 0 heterocycles. The zero-order chi connectivity index (χ0) is 13.7. The molecule has 19 heavy (non-hydrogen) atoms. The third-order valence-corrected chi connectivity index (χ3v) is 3.90. The van der Waals surface area contributed by atoms with Gasteiger partial charge in [0.2, 0.25) is 0 Å². The smallest absolute Gasteiger partial charge is 0.251 e. The number of halogens is 1. The second kappa shape index (κ2) is 6.66. The highest BCUT2D eigenvalue weighted by Gasteiger charge is 2.24. The lowest BCUT2D eigenvalue weighted by Gasteiger charge is -2.30. The number of amides is 1. The molecule has 1 fully saturated rings. The van der Waals surface area contributed by atoms with Gasteiger partial charge in [0.1, 0.15) is 5.82 Å². The topological polar surface area (TPSA) is 55.1 Å². The quantitative estimate of drug-likeness (QED) is 0.877. The Morgan fingerprint density at radius 2 is 1.89 bits per heavy atom. The Hall–Kier alpha value is -1.42. The zero-order valence-corrected chi connectivity index (χ0v) is 11.1. The molecule has 104 valence electrons. The van der Waals surface area contributed by atoms with E-state index in [1.54, 1.807) is 0 Å². The van der Waals surface area contributed by atoms with Crippen LogP contribution >= 0.6 is 0 Å². The maximum atomic E-state index is 12.8. The van der Waals surface area contributed by atoms with E-state index in [0.717, 1.165) is 12.8 Å². The van der Waals surface area contributed by atoms with Crippen molar-refractivity contribution in [2.45, 2.75) is 38.1 Å². The molecule has 1 aromatic carbocycles. The number of hydrogen-bond donors (Lipinski definition) is 2. The molecule has 3 N–H and O–H groups in total. The fourth-order valence-corrected chi connectivity index (χ4v) is 2.76. The van der Waals surface area contributed by atoms with Crippen LogP contribution in [0.1, 0.15) is 42.5 Å². The van der Waals surface area contributed by atoms with E-state index in [1.807, 2.05) is 0 Å². The van der Waals surface area contributed by atoms with Crippen molar-refractivity contribution < 1.29 is 9.18 Å². The molecule has 0 aliphatic heterocycles. The van der Waals surface area contributed by atoms with Gasteiger partial charge in [-0.1, -0.05) is 19.3 Å². The van der Waals surface area contributed by atoms with Gasteiger partial charge >= 0.3 is 0 Å². The summed E-state index contributed by atoms with van der Waals surface area (Å²) in [4.78, 5) is 12.1. The van der Waals surface area contributed by atoms with Gasteiger partial charge in [-0.05, 0) is 43.0 Å². The van der Waals surface area contributed by atoms with E-state index in [9.17, 15) is 9.18 Å². The average Bonchev–Trinajstić information content (AvgIpc) is 2.46. The van der Waals surface area contributed by atoms with Gasteiger partial charge in [0.25, 0.3) is 5.91 Å². The van der Waals surface area contributed by atoms with Gasteiger partial charge < -0.3 is 11.1 Å². The molecule has 1 aliphatic carbocycles. The molecule has 2 rings (SSSR count). The average molecular weight is 264 g/mol. The maximum Gasteiger partial charge on any atom is 0.251 e. The lowest BCUT2D eigenvalue weighted by Crippen LogP contribution is -2.45. The van der Waals surface area contributed by atoms with Gasteiger partial charge in [0.15, 0.2) is 0 Å². The molecule has 1 amide bonds. The van der Waals surface area contributed by atoms with Crippen molar-refractivity contribution >= 4 is 5.91 Å². The van der Waals surface area contributed by atoms with Crippen LogP contribution < -0.4 is 11.1 Å². The molecular formula is C15H21FN2O. The fourth-order valence-electron chi connectivity index (χ4n) is 2.76. The molecule has 0 radical (unpaired) electrons. The lowest BCUT2D eigenvalue weighted by molar-refractivity contribution is 0.0915. The van der Waals surface area contributed by atoms with E-state index in [1.165, 1.54) is 43.5 Å². The second-order valence-corrected chi connectivity index (χ2v) is 5.22. The van der Waals surface area contributed by atoms with Gasteiger partial charge in [-0.25, -0.2) is 4.39 Å². The van der Waals surface area contributed by atoms with Crippen molar-refractivity contribution in [2.75, 3.05) is 6.54 Å². The van der Waals surface area contributed by atoms with E-state index >= 15 is 0 Å². The molecule has 1 unspecified atom stereocenters. The molecule has 1 atom stereocenters. The minimum Gasteiger partial charge on any atom is -0.348 e. The molecule has 0 aromatic heterocycles. The Labute approximate surface area is 113 Å². The first-order valence-electron chi connectivity index (χ1n) is 6.97. The summed E-state index contributed by atoms with van der Waals surface area (Å²) in [6.07, 6.45) is 5.97. The molecule has 3 nitrogen and oxygen atoms in total. The summed E-state index contributed by atoms with van der Waals surface area (Å²) in [5, 5.41) is 2.99. The number of hydrogen-bond acceptors (Lipinski definition) is 2. The van der Waals surface area contributed by atoms with E-state index in [2.05, 4.69) is 5.32 Å². The molecular weight excluding hydrogens is 243 g/mol. The van der Waals surface area contributed by atoms with Gasteiger partial charge in [-0.2, -0.15) is 0 Å². The molecule has 4 heteroatoms. The summed E-state index contributed by atoms with van der Waals surface area (Å²) in [5.74, 6) is -0.0247. The number of rotatable bonds is 4. The van der Waals surface area contributed by atoms with Crippen LogP contribution in [0.3, 0.4) is 0 Å². The maximum absolute atomic E-state index is 12.8. The van der Waals surface area contributed by atoms with Crippen LogP contribution in [0.25, 0.3) is 0 Å². The molecule has 0 spiro atoms. The number of carbonyl (C=O) groups is 1. The number of benzene rings is 1. The molecule has 1 saturated carbocycles. The van der Waals surface area contributed by atoms with E-state index in [4.69, 9.17) is 5.73 Å². The van der Waals surface area contributed by atoms with Crippen LogP contribution in [-0.2, 0) is 0 Å². The normalized spacial score (nSPS) is 18.0. The highest BCUT2D eigenvalue weighted by molar-refractivity contribution is 5.94. The van der Waals surface area contributed by atoms with Crippen LogP contribution in [0, 0.1) is 11.7 Å².